The molecule has 9 atom stereocenters. The molecule has 0 amide bonds. The van der Waals surface area contributed by atoms with Crippen LogP contribution in [-0.4, -0.2) is 155 Å². The van der Waals surface area contributed by atoms with Gasteiger partial charge in [0.1, 0.15) is 86.7 Å². The summed E-state index contributed by atoms with van der Waals surface area (Å²) in [6.45, 7) is 3.79. The third-order valence-electron chi connectivity index (χ3n) is 20.2. The standard InChI is InChI=1S/C28H31ClF4N4O3S.C26H26ClF4N3O3S.C25H25Cl3FN3O3S.H2O/c1-34-10-11-37(2)24-13-19(18-4-3-5-20(12-18)28(31,32)33)6-7-25(24)40-26-15-23(30)27(14-22(26)29)41(38,39)16-21-8-9-35-17-36-21;1-2-33-22-11-17(16-4-3-5-18(10-16)26(29,30)31)6-7-23(22)37-24-13-21(28)25(12-20(24)27)38(35,36)14-19-8-9-32-15-34-19;1-32(2)22-10-16(15-3-5-18(26)19(27)9-15)4-6-23(22)35-24-12-21(29)25(11-20(24)28)36(33,34)13-17-7-8-30-14-31-17;/h3-5,8-9,12,14-15,17,19,24-25,34H,6-7,10-11,13,16H2,1-2H3;3-5,8-10,12-13,15,17,22-23,33H,2,6-7,11,14H2,1H3;3,5,7-9,11-12,14,16,22-23H,4,6,10,13H2,1-2H3;1H2/t19-,24-,25-;17-,22-,23-;16-,22-,23-;/m000./s1. The van der Waals surface area contributed by atoms with Gasteiger partial charge in [0, 0.05) is 68.0 Å². The topological polar surface area (TPSA) is 269 Å². The number of likely N-dealkylation sites (N-methyl/N-ethyl adjacent to an activating group) is 4. The van der Waals surface area contributed by atoms with Crippen molar-refractivity contribution in [3.05, 3.63) is 246 Å². The maximum atomic E-state index is 15.2. The van der Waals surface area contributed by atoms with Gasteiger partial charge in [-0.05, 0) is 188 Å². The first-order valence-corrected chi connectivity index (χ1v) is 43.2. The fourth-order valence-electron chi connectivity index (χ4n) is 14.4. The van der Waals surface area contributed by atoms with E-state index in [1.807, 2.05) is 47.2 Å². The average molecular weight is 1780 g/mol. The number of ether oxygens (including phenoxy) is 3. The van der Waals surface area contributed by atoms with E-state index in [-0.39, 0.29) is 96.9 Å². The van der Waals surface area contributed by atoms with Crippen LogP contribution in [0.5, 0.6) is 17.2 Å². The molecule has 9 aromatic rings. The van der Waals surface area contributed by atoms with Crippen molar-refractivity contribution in [1.29, 1.82) is 0 Å². The quantitative estimate of drug-likeness (QED) is 0.0503. The first-order chi connectivity index (χ1) is 54.4. The Bertz CT molecular complexity index is 5170. The van der Waals surface area contributed by atoms with E-state index in [9.17, 15) is 56.0 Å². The second-order valence-corrected chi connectivity index (χ2v) is 36.2. The van der Waals surface area contributed by atoms with Crippen LogP contribution >= 0.6 is 58.0 Å². The monoisotopic (exact) mass is 1770 g/mol. The van der Waals surface area contributed by atoms with Gasteiger partial charge in [-0.3, -0.25) is 4.90 Å². The molecule has 3 aliphatic carbocycles. The second-order valence-electron chi connectivity index (χ2n) is 28.3. The van der Waals surface area contributed by atoms with Gasteiger partial charge < -0.3 is 35.2 Å². The van der Waals surface area contributed by atoms with Gasteiger partial charge in [-0.15, -0.1) is 0 Å². The molecule has 0 unspecified atom stereocenters. The van der Waals surface area contributed by atoms with Gasteiger partial charge >= 0.3 is 12.4 Å². The Balaban J connectivity index is 0.000000198. The molecule has 12 rings (SSSR count). The number of hydrogen-bond donors (Lipinski definition) is 2. The minimum atomic E-state index is -4.44. The van der Waals surface area contributed by atoms with Crippen LogP contribution in [0, 0.1) is 17.5 Å². The molecule has 0 bridgehead atoms. The highest BCUT2D eigenvalue weighted by Gasteiger charge is 2.41. The molecule has 0 saturated heterocycles. The van der Waals surface area contributed by atoms with Crippen LogP contribution in [0.4, 0.5) is 39.5 Å². The normalized spacial score (nSPS) is 20.0. The Morgan fingerprint density at radius 2 is 0.845 bits per heavy atom. The summed E-state index contributed by atoms with van der Waals surface area (Å²) in [7, 11) is -4.57. The van der Waals surface area contributed by atoms with Gasteiger partial charge in [-0.1, -0.05) is 107 Å². The molecule has 3 saturated carbocycles. The smallest absolute Gasteiger partial charge is 0.416 e. The van der Waals surface area contributed by atoms with Crippen molar-refractivity contribution < 1.29 is 84.5 Å². The van der Waals surface area contributed by atoms with E-state index in [1.54, 1.807) is 18.2 Å². The lowest BCUT2D eigenvalue weighted by Crippen LogP contribution is -2.49. The number of benzene rings is 6. The van der Waals surface area contributed by atoms with Crippen LogP contribution in [0.1, 0.15) is 127 Å². The number of nitrogens with one attached hydrogen (secondary N) is 2. The van der Waals surface area contributed by atoms with Crippen LogP contribution in [0.25, 0.3) is 0 Å². The molecule has 6 aromatic carbocycles. The number of sulfone groups is 3. The fourth-order valence-corrected chi connectivity index (χ4v) is 19.6. The zero-order chi connectivity index (χ0) is 83.3. The highest BCUT2D eigenvalue weighted by Crippen LogP contribution is 2.45. The van der Waals surface area contributed by atoms with E-state index in [1.165, 1.54) is 80.0 Å². The molecule has 0 radical (unpaired) electrons. The third kappa shape index (κ3) is 24.3. The number of alkyl halides is 6. The van der Waals surface area contributed by atoms with Crippen LogP contribution in [-0.2, 0) is 59.1 Å². The Morgan fingerprint density at radius 1 is 0.466 bits per heavy atom. The molecule has 3 aromatic heterocycles. The van der Waals surface area contributed by atoms with Crippen LogP contribution < -0.4 is 24.8 Å². The molecule has 4 N–H and O–H groups in total. The lowest BCUT2D eigenvalue weighted by atomic mass is 9.79. The summed E-state index contributed by atoms with van der Waals surface area (Å²) >= 11 is 31.4. The van der Waals surface area contributed by atoms with Crippen molar-refractivity contribution in [3.63, 3.8) is 0 Å². The Labute approximate surface area is 692 Å². The van der Waals surface area contributed by atoms with Gasteiger partial charge in [-0.2, -0.15) is 26.3 Å². The number of rotatable bonds is 25. The predicted molar refractivity (Wildman–Crippen MR) is 424 cm³/mol. The molecule has 20 nitrogen and oxygen atoms in total. The second kappa shape index (κ2) is 40.5. The number of halogens is 14. The van der Waals surface area contributed by atoms with Crippen molar-refractivity contribution in [2.45, 2.75) is 163 Å². The molecule has 116 heavy (non-hydrogen) atoms. The van der Waals surface area contributed by atoms with E-state index in [4.69, 9.17) is 72.2 Å². The molecule has 3 aliphatic rings. The van der Waals surface area contributed by atoms with Gasteiger partial charge in [0.05, 0.1) is 70.6 Å². The van der Waals surface area contributed by atoms with E-state index in [2.05, 4.69) is 50.3 Å². The summed E-state index contributed by atoms with van der Waals surface area (Å²) in [5, 5.41) is 7.32. The third-order valence-corrected chi connectivity index (χ3v) is 26.8. The minimum absolute atomic E-state index is 0. The van der Waals surface area contributed by atoms with E-state index in [0.29, 0.717) is 85.8 Å². The van der Waals surface area contributed by atoms with Crippen LogP contribution in [0.15, 0.2) is 174 Å². The average Bonchev–Trinajstić information content (AvgIpc) is 0.800. The summed E-state index contributed by atoms with van der Waals surface area (Å²) in [6, 6.07) is 26.4. The highest BCUT2D eigenvalue weighted by atomic mass is 35.5. The Hall–Kier alpha value is -7.57. The van der Waals surface area contributed by atoms with Gasteiger partial charge in [0.15, 0.2) is 29.5 Å². The lowest BCUT2D eigenvalue weighted by Gasteiger charge is -2.41. The summed E-state index contributed by atoms with van der Waals surface area (Å²) in [4.78, 5) is 25.4. The zero-order valence-corrected chi connectivity index (χ0v) is 69.3. The van der Waals surface area contributed by atoms with E-state index in [0.717, 1.165) is 66.9 Å². The van der Waals surface area contributed by atoms with Gasteiger partial charge in [-0.25, -0.2) is 68.3 Å². The SMILES string of the molecule is CCN[C@H]1C[C@@H](c2cccc(C(F)(F)F)c2)CC[C@@H]1Oc1cc(F)c(S(=O)(=O)Cc2ccncn2)cc1Cl.CN(C)[C@H]1C[C@@H](c2ccc(Cl)c(Cl)c2)CC[C@@H]1Oc1cc(F)c(S(=O)(=O)Cc2ccncn2)cc1Cl.CNCCN(C)[C@H]1C[C@@H](c2cccc(C(F)(F)F)c2)CC[C@@H]1Oc1cc(F)c(S(=O)(=O)Cc2ccncn2)cc1Cl.O. The maximum absolute atomic E-state index is 15.2. The molecule has 0 spiro atoms. The van der Waals surface area contributed by atoms with Gasteiger partial charge in [0.2, 0.25) is 0 Å². The molecule has 3 fully saturated rings. The zero-order valence-electron chi connectivity index (χ0n) is 63.1. The number of hydrogen-bond acceptors (Lipinski definition) is 19. The lowest BCUT2D eigenvalue weighted by molar-refractivity contribution is -0.138. The number of nitrogens with zero attached hydrogens (tertiary/aromatic N) is 8. The van der Waals surface area contributed by atoms with Crippen LogP contribution in [0.3, 0.4) is 0 Å². The molecular weight excluding hydrogens is 1690 g/mol. The minimum Gasteiger partial charge on any atom is -0.487 e. The van der Waals surface area contributed by atoms with Crippen molar-refractivity contribution >= 4 is 87.5 Å². The molecule has 37 heteroatoms. The summed E-state index contributed by atoms with van der Waals surface area (Å²) in [5.41, 5.74) is 1.61. The molecule has 626 valence electrons. The Morgan fingerprint density at radius 3 is 1.22 bits per heavy atom. The van der Waals surface area contributed by atoms with Crippen molar-refractivity contribution in [2.24, 2.45) is 0 Å². The molecule has 0 aliphatic heterocycles. The summed E-state index contributed by atoms with van der Waals surface area (Å²) < 4.78 is 220. The molecular formula is C79H84Cl5F9N10O10S3. The maximum Gasteiger partial charge on any atom is 0.416 e. The van der Waals surface area contributed by atoms with Crippen molar-refractivity contribution in [1.82, 2.24) is 50.3 Å². The Kier molecular flexibility index (Phi) is 32.2. The van der Waals surface area contributed by atoms with Crippen molar-refractivity contribution in [2.75, 3.05) is 47.8 Å². The predicted octanol–water partition coefficient (Wildman–Crippen LogP) is 16.8. The highest BCUT2D eigenvalue weighted by molar-refractivity contribution is 7.91. The first-order valence-electron chi connectivity index (χ1n) is 36.4. The van der Waals surface area contributed by atoms with E-state index >= 15 is 8.78 Å². The largest absolute Gasteiger partial charge is 0.487 e. The summed E-state index contributed by atoms with van der Waals surface area (Å²) in [6.07, 6.45) is 3.21. The summed E-state index contributed by atoms with van der Waals surface area (Å²) in [5.74, 6) is -4.34. The van der Waals surface area contributed by atoms with Gasteiger partial charge in [0.25, 0.3) is 0 Å². The van der Waals surface area contributed by atoms with Crippen molar-refractivity contribution in [3.8, 4) is 17.2 Å². The number of aromatic nitrogens is 6. The van der Waals surface area contributed by atoms with E-state index < -0.39 is 115 Å². The molecule has 3 heterocycles. The fraction of sp³-hybridized carbons (Fsp3) is 0.392. The first kappa shape index (κ1) is 92.3. The van der Waals surface area contributed by atoms with Crippen LogP contribution in [0.2, 0.25) is 25.1 Å².